The van der Waals surface area contributed by atoms with Gasteiger partial charge in [0.2, 0.25) is 0 Å². The summed E-state index contributed by atoms with van der Waals surface area (Å²) in [7, 11) is 1.76. The fraction of sp³-hybridized carbons (Fsp3) is 0.467. The van der Waals surface area contributed by atoms with Crippen LogP contribution >= 0.6 is 0 Å². The Balaban J connectivity index is 1.60. The second-order valence-electron chi connectivity index (χ2n) is 10.7. The third-order valence-electron chi connectivity index (χ3n) is 8.05. The molecule has 3 heterocycles. The van der Waals surface area contributed by atoms with Gasteiger partial charge in [0.25, 0.3) is 0 Å². The Morgan fingerprint density at radius 3 is 2.37 bits per heavy atom. The predicted octanol–water partition coefficient (Wildman–Crippen LogP) is 6.65. The van der Waals surface area contributed by atoms with Crippen LogP contribution in [0.25, 0.3) is 11.4 Å². The molecule has 2 aliphatic heterocycles. The standard InChI is InChI=1S/C30H35F3N4O/c1-18-9-10-22(30(31,32)33)16-26(18)36-13-12-25-24(17-36)29(37-14-11-23(38-5)15-21(37)4)35-28(34-25)27-19(2)7-6-8-20(27)3/h6-10,16,21,23H,11-15,17H2,1-5H3/t21-,23-/m1/s1. The van der Waals surface area contributed by atoms with Crippen LogP contribution < -0.4 is 9.80 Å². The van der Waals surface area contributed by atoms with Gasteiger partial charge in [0.15, 0.2) is 5.82 Å². The molecule has 0 spiro atoms. The molecule has 2 atom stereocenters. The normalized spacial score (nSPS) is 20.0. The fourth-order valence-electron chi connectivity index (χ4n) is 5.90. The van der Waals surface area contributed by atoms with Crippen LogP contribution in [0.5, 0.6) is 0 Å². The number of aromatic nitrogens is 2. The molecule has 0 unspecified atom stereocenters. The van der Waals surface area contributed by atoms with Gasteiger partial charge in [0.05, 0.1) is 17.4 Å². The number of nitrogens with zero attached hydrogens (tertiary/aromatic N) is 4. The van der Waals surface area contributed by atoms with E-state index in [1.165, 1.54) is 6.07 Å². The van der Waals surface area contributed by atoms with E-state index in [2.05, 4.69) is 37.8 Å². The molecular formula is C30H35F3N4O. The second-order valence-corrected chi connectivity index (χ2v) is 10.7. The highest BCUT2D eigenvalue weighted by atomic mass is 19.4. The lowest BCUT2D eigenvalue weighted by molar-refractivity contribution is -0.137. The van der Waals surface area contributed by atoms with E-state index >= 15 is 0 Å². The van der Waals surface area contributed by atoms with Crippen molar-refractivity contribution in [3.63, 3.8) is 0 Å². The SMILES string of the molecule is CO[C@@H]1CCN(c2nc(-c3c(C)cccc3C)nc3c2CN(c2cc(C(F)(F)F)ccc2C)CC3)[C@H](C)C1. The molecule has 0 amide bonds. The Labute approximate surface area is 222 Å². The quantitative estimate of drug-likeness (QED) is 0.382. The summed E-state index contributed by atoms with van der Waals surface area (Å²) in [5.41, 5.74) is 6.10. The summed E-state index contributed by atoms with van der Waals surface area (Å²) in [5, 5.41) is 0. The largest absolute Gasteiger partial charge is 0.416 e. The van der Waals surface area contributed by atoms with E-state index in [9.17, 15) is 13.2 Å². The molecule has 0 aliphatic carbocycles. The van der Waals surface area contributed by atoms with E-state index < -0.39 is 11.7 Å². The van der Waals surface area contributed by atoms with E-state index in [-0.39, 0.29) is 12.1 Å². The lowest BCUT2D eigenvalue weighted by atomic mass is 9.97. The van der Waals surface area contributed by atoms with Gasteiger partial charge in [0.1, 0.15) is 5.82 Å². The van der Waals surface area contributed by atoms with Gasteiger partial charge in [0, 0.05) is 56.0 Å². The van der Waals surface area contributed by atoms with E-state index in [1.54, 1.807) is 13.2 Å². The lowest BCUT2D eigenvalue weighted by Gasteiger charge is -2.41. The Morgan fingerprint density at radius 2 is 1.71 bits per heavy atom. The van der Waals surface area contributed by atoms with Gasteiger partial charge in [-0.3, -0.25) is 0 Å². The molecule has 1 aromatic heterocycles. The van der Waals surface area contributed by atoms with Crippen molar-refractivity contribution in [3.8, 4) is 11.4 Å². The number of ether oxygens (including phenoxy) is 1. The number of alkyl halides is 3. The first kappa shape index (κ1) is 26.5. The average Bonchev–Trinajstić information content (AvgIpc) is 2.87. The molecule has 0 N–H and O–H groups in total. The molecule has 0 bridgehead atoms. The van der Waals surface area contributed by atoms with Crippen LogP contribution in [0, 0.1) is 20.8 Å². The van der Waals surface area contributed by atoms with Crippen LogP contribution in [-0.2, 0) is 23.9 Å². The smallest absolute Gasteiger partial charge is 0.381 e. The predicted molar refractivity (Wildman–Crippen MR) is 145 cm³/mol. The molecule has 0 saturated carbocycles. The zero-order valence-electron chi connectivity index (χ0n) is 22.7. The van der Waals surface area contributed by atoms with Crippen molar-refractivity contribution >= 4 is 11.5 Å². The van der Waals surface area contributed by atoms with Crippen molar-refractivity contribution in [2.75, 3.05) is 30.0 Å². The van der Waals surface area contributed by atoms with Gasteiger partial charge in [-0.05, 0) is 69.4 Å². The van der Waals surface area contributed by atoms with Crippen molar-refractivity contribution in [1.29, 1.82) is 0 Å². The number of anilines is 2. The number of piperidine rings is 1. The number of hydrogen-bond donors (Lipinski definition) is 0. The van der Waals surface area contributed by atoms with E-state index in [4.69, 9.17) is 14.7 Å². The van der Waals surface area contributed by atoms with Crippen molar-refractivity contribution in [2.24, 2.45) is 0 Å². The maximum absolute atomic E-state index is 13.5. The molecular weight excluding hydrogens is 489 g/mol. The summed E-state index contributed by atoms with van der Waals surface area (Å²) in [6.07, 6.45) is -1.74. The molecule has 1 saturated heterocycles. The first-order chi connectivity index (χ1) is 18.1. The summed E-state index contributed by atoms with van der Waals surface area (Å²) in [6.45, 7) is 10.1. The number of hydrogen-bond acceptors (Lipinski definition) is 5. The molecule has 2 aromatic carbocycles. The van der Waals surface area contributed by atoms with Crippen LogP contribution in [0.3, 0.4) is 0 Å². The summed E-state index contributed by atoms with van der Waals surface area (Å²) in [6, 6.07) is 10.4. The first-order valence-corrected chi connectivity index (χ1v) is 13.3. The lowest BCUT2D eigenvalue weighted by Crippen LogP contribution is -2.45. The van der Waals surface area contributed by atoms with Crippen LogP contribution in [0.2, 0.25) is 0 Å². The van der Waals surface area contributed by atoms with Crippen molar-refractivity contribution in [3.05, 3.63) is 69.9 Å². The minimum absolute atomic E-state index is 0.209. The van der Waals surface area contributed by atoms with Crippen molar-refractivity contribution in [1.82, 2.24) is 9.97 Å². The highest BCUT2D eigenvalue weighted by Crippen LogP contribution is 2.38. The Morgan fingerprint density at radius 1 is 0.974 bits per heavy atom. The summed E-state index contributed by atoms with van der Waals surface area (Å²) < 4.78 is 46.2. The number of rotatable bonds is 4. The molecule has 38 heavy (non-hydrogen) atoms. The Bertz CT molecular complexity index is 1320. The fourth-order valence-corrected chi connectivity index (χ4v) is 5.90. The highest BCUT2D eigenvalue weighted by molar-refractivity contribution is 5.68. The molecule has 5 rings (SSSR count). The number of benzene rings is 2. The van der Waals surface area contributed by atoms with Gasteiger partial charge >= 0.3 is 6.18 Å². The van der Waals surface area contributed by atoms with Crippen LogP contribution in [0.15, 0.2) is 36.4 Å². The van der Waals surface area contributed by atoms with Gasteiger partial charge in [-0.25, -0.2) is 9.97 Å². The van der Waals surface area contributed by atoms with E-state index in [0.29, 0.717) is 25.2 Å². The zero-order chi connectivity index (χ0) is 27.2. The number of halogens is 3. The van der Waals surface area contributed by atoms with Crippen LogP contribution in [-0.4, -0.2) is 42.3 Å². The summed E-state index contributed by atoms with van der Waals surface area (Å²) in [5.74, 6) is 1.61. The molecule has 3 aromatic rings. The van der Waals surface area contributed by atoms with Gasteiger partial charge in [-0.2, -0.15) is 13.2 Å². The number of fused-ring (bicyclic) bond motifs is 1. The Hall–Kier alpha value is -3.13. The molecule has 202 valence electrons. The average molecular weight is 525 g/mol. The van der Waals surface area contributed by atoms with Crippen molar-refractivity contribution < 1.29 is 17.9 Å². The third kappa shape index (κ3) is 4.98. The minimum atomic E-state index is -4.38. The van der Waals surface area contributed by atoms with Gasteiger partial charge in [-0.15, -0.1) is 0 Å². The maximum atomic E-state index is 13.5. The van der Waals surface area contributed by atoms with E-state index in [1.807, 2.05) is 17.9 Å². The number of methoxy groups -OCH3 is 1. The topological polar surface area (TPSA) is 41.5 Å². The third-order valence-corrected chi connectivity index (χ3v) is 8.05. The van der Waals surface area contributed by atoms with Crippen LogP contribution in [0.4, 0.5) is 24.7 Å². The first-order valence-electron chi connectivity index (χ1n) is 13.3. The molecule has 5 nitrogen and oxygen atoms in total. The Kier molecular flexibility index (Phi) is 7.11. The molecule has 0 radical (unpaired) electrons. The molecule has 1 fully saturated rings. The van der Waals surface area contributed by atoms with Crippen LogP contribution in [0.1, 0.15) is 53.3 Å². The molecule has 8 heteroatoms. The van der Waals surface area contributed by atoms with Gasteiger partial charge < -0.3 is 14.5 Å². The van der Waals surface area contributed by atoms with Gasteiger partial charge in [-0.1, -0.05) is 24.3 Å². The monoisotopic (exact) mass is 524 g/mol. The second kappa shape index (κ2) is 10.2. The summed E-state index contributed by atoms with van der Waals surface area (Å²) in [4.78, 5) is 14.6. The summed E-state index contributed by atoms with van der Waals surface area (Å²) >= 11 is 0. The zero-order valence-corrected chi connectivity index (χ0v) is 22.7. The maximum Gasteiger partial charge on any atom is 0.416 e. The molecule has 2 aliphatic rings. The number of aryl methyl sites for hydroxylation is 3. The van der Waals surface area contributed by atoms with Crippen molar-refractivity contribution in [2.45, 2.75) is 71.8 Å². The highest BCUT2D eigenvalue weighted by Gasteiger charge is 2.34. The minimum Gasteiger partial charge on any atom is -0.381 e. The van der Waals surface area contributed by atoms with E-state index in [0.717, 1.165) is 70.6 Å².